The van der Waals surface area contributed by atoms with Crippen molar-refractivity contribution in [2.24, 2.45) is 0 Å². The van der Waals surface area contributed by atoms with Gasteiger partial charge < -0.3 is 15.2 Å². The van der Waals surface area contributed by atoms with Crippen molar-refractivity contribution < 1.29 is 27.4 Å². The van der Waals surface area contributed by atoms with E-state index in [-0.39, 0.29) is 35.7 Å². The van der Waals surface area contributed by atoms with Crippen LogP contribution in [0.1, 0.15) is 36.7 Å². The number of aliphatic hydroxyl groups is 1. The van der Waals surface area contributed by atoms with Crippen LogP contribution in [0.3, 0.4) is 0 Å². The number of halogens is 1. The van der Waals surface area contributed by atoms with Crippen molar-refractivity contribution in [1.82, 2.24) is 9.62 Å². The quantitative estimate of drug-likeness (QED) is 0.214. The van der Waals surface area contributed by atoms with Gasteiger partial charge in [-0.15, -0.1) is 0 Å². The number of likely N-dealkylation sites (N-methyl/N-ethyl adjacent to an activating group) is 1. The summed E-state index contributed by atoms with van der Waals surface area (Å²) in [6, 6.07) is 24.3. The molecule has 0 aliphatic heterocycles. The van der Waals surface area contributed by atoms with Gasteiger partial charge >= 0.3 is 5.97 Å². The van der Waals surface area contributed by atoms with Crippen LogP contribution >= 0.6 is 0 Å². The Bertz CT molecular complexity index is 1670. The smallest absolute Gasteiger partial charge is 0.338 e. The Kier molecular flexibility index (Phi) is 9.78. The summed E-state index contributed by atoms with van der Waals surface area (Å²) in [6.45, 7) is 5.96. The number of esters is 1. The van der Waals surface area contributed by atoms with Crippen LogP contribution in [0.25, 0.3) is 21.9 Å². The van der Waals surface area contributed by atoms with E-state index in [0.29, 0.717) is 11.1 Å². The SMILES string of the molecule is CCOC(=O)c1cc(F)cc(-c2cccc(S(=O)(=O)N(C)C[C@H](O)CNC(C)(C)Cc3ccc4ccccc4c3)c2)c1. The lowest BCUT2D eigenvalue weighted by Gasteiger charge is -2.29. The highest BCUT2D eigenvalue weighted by molar-refractivity contribution is 7.89. The zero-order valence-electron chi connectivity index (χ0n) is 24.3. The summed E-state index contributed by atoms with van der Waals surface area (Å²) in [4.78, 5) is 12.1. The molecule has 4 aromatic rings. The van der Waals surface area contributed by atoms with Crippen LogP contribution in [-0.4, -0.2) is 62.2 Å². The molecule has 0 aliphatic carbocycles. The summed E-state index contributed by atoms with van der Waals surface area (Å²) in [5.41, 5.74) is 1.62. The molecule has 0 saturated carbocycles. The zero-order chi connectivity index (χ0) is 30.5. The fraction of sp³-hybridized carbons (Fsp3) is 0.303. The van der Waals surface area contributed by atoms with Gasteiger partial charge in [0.15, 0.2) is 0 Å². The maximum absolute atomic E-state index is 14.3. The van der Waals surface area contributed by atoms with Gasteiger partial charge in [-0.3, -0.25) is 0 Å². The number of hydrogen-bond acceptors (Lipinski definition) is 6. The van der Waals surface area contributed by atoms with Crippen molar-refractivity contribution in [2.75, 3.05) is 26.7 Å². The molecule has 0 saturated heterocycles. The number of hydrogen-bond donors (Lipinski definition) is 2. The van der Waals surface area contributed by atoms with Crippen molar-refractivity contribution in [2.45, 2.75) is 43.7 Å². The predicted octanol–water partition coefficient (Wildman–Crippen LogP) is 5.41. The molecule has 9 heteroatoms. The van der Waals surface area contributed by atoms with Gasteiger partial charge in [0.1, 0.15) is 5.82 Å². The summed E-state index contributed by atoms with van der Waals surface area (Å²) < 4.78 is 47.1. The molecule has 0 aliphatic rings. The fourth-order valence-electron chi connectivity index (χ4n) is 4.88. The summed E-state index contributed by atoms with van der Waals surface area (Å²) in [5, 5.41) is 16.4. The van der Waals surface area contributed by atoms with Crippen molar-refractivity contribution in [3.8, 4) is 11.1 Å². The third-order valence-electron chi connectivity index (χ3n) is 7.03. The molecule has 0 amide bonds. The summed E-state index contributed by atoms with van der Waals surface area (Å²) in [6.07, 6.45) is -0.233. The van der Waals surface area contributed by atoms with Crippen LogP contribution in [0.15, 0.2) is 89.8 Å². The maximum Gasteiger partial charge on any atom is 0.338 e. The molecule has 2 N–H and O–H groups in total. The van der Waals surface area contributed by atoms with Crippen LogP contribution in [0.4, 0.5) is 4.39 Å². The largest absolute Gasteiger partial charge is 0.462 e. The molecule has 0 fully saturated rings. The number of nitrogens with one attached hydrogen (secondary N) is 1. The van der Waals surface area contributed by atoms with Crippen molar-refractivity contribution in [1.29, 1.82) is 0 Å². The second-order valence-electron chi connectivity index (χ2n) is 11.0. The van der Waals surface area contributed by atoms with Crippen LogP contribution < -0.4 is 5.32 Å². The van der Waals surface area contributed by atoms with Gasteiger partial charge in [-0.05, 0) is 85.0 Å². The van der Waals surface area contributed by atoms with E-state index in [2.05, 4.69) is 35.6 Å². The number of benzene rings is 4. The highest BCUT2D eigenvalue weighted by Crippen LogP contribution is 2.26. The van der Waals surface area contributed by atoms with E-state index < -0.39 is 27.9 Å². The first kappa shape index (κ1) is 31.3. The van der Waals surface area contributed by atoms with Gasteiger partial charge in [0, 0.05) is 25.7 Å². The van der Waals surface area contributed by atoms with Crippen molar-refractivity contribution >= 4 is 26.8 Å². The highest BCUT2D eigenvalue weighted by atomic mass is 32.2. The van der Waals surface area contributed by atoms with Gasteiger partial charge in [-0.2, -0.15) is 4.31 Å². The summed E-state index contributed by atoms with van der Waals surface area (Å²) >= 11 is 0. The van der Waals surface area contributed by atoms with E-state index in [1.807, 2.05) is 26.0 Å². The molecular weight excluding hydrogens is 555 g/mol. The molecule has 222 valence electrons. The first-order valence-corrected chi connectivity index (χ1v) is 15.3. The van der Waals surface area contributed by atoms with Crippen LogP contribution in [-0.2, 0) is 21.2 Å². The van der Waals surface area contributed by atoms with Crippen LogP contribution in [0.5, 0.6) is 0 Å². The monoisotopic (exact) mass is 592 g/mol. The van der Waals surface area contributed by atoms with Crippen LogP contribution in [0, 0.1) is 5.82 Å². The lowest BCUT2D eigenvalue weighted by Crippen LogP contribution is -2.47. The number of fused-ring (bicyclic) bond motifs is 1. The van der Waals surface area contributed by atoms with Crippen molar-refractivity contribution in [3.63, 3.8) is 0 Å². The van der Waals surface area contributed by atoms with Gasteiger partial charge in [-0.25, -0.2) is 17.6 Å². The highest BCUT2D eigenvalue weighted by Gasteiger charge is 2.25. The molecule has 0 heterocycles. The number of rotatable bonds is 12. The van der Waals surface area contributed by atoms with E-state index in [1.54, 1.807) is 19.1 Å². The topological polar surface area (TPSA) is 95.9 Å². The number of aliphatic hydroxyl groups excluding tert-OH is 1. The Morgan fingerprint density at radius 3 is 2.45 bits per heavy atom. The normalized spacial score (nSPS) is 12.9. The minimum absolute atomic E-state index is 0.0127. The number of nitrogens with zero attached hydrogens (tertiary/aromatic N) is 1. The number of carbonyl (C=O) groups is 1. The first-order chi connectivity index (χ1) is 19.9. The Hall–Kier alpha value is -3.63. The standard InChI is InChI=1S/C33H37FN2O5S/c1-5-41-32(38)28-16-27(17-29(34)18-28)26-11-8-12-31(19-26)42(39,40)36(4)22-30(37)21-35-33(2,3)20-23-13-14-24-9-6-7-10-25(24)15-23/h6-19,30,35,37H,5,20-22H2,1-4H3/t30-/m1/s1. The molecule has 4 rings (SSSR count). The Balaban J connectivity index is 1.41. The summed E-state index contributed by atoms with van der Waals surface area (Å²) in [5.74, 6) is -1.30. The molecule has 1 atom stereocenters. The zero-order valence-corrected chi connectivity index (χ0v) is 25.1. The van der Waals surface area contributed by atoms with Gasteiger partial charge in [0.2, 0.25) is 10.0 Å². The molecular formula is C33H37FN2O5S. The van der Waals surface area contributed by atoms with E-state index >= 15 is 0 Å². The average Bonchev–Trinajstić information content (AvgIpc) is 2.95. The van der Waals surface area contributed by atoms with E-state index in [1.165, 1.54) is 42.1 Å². The van der Waals surface area contributed by atoms with Crippen LogP contribution in [0.2, 0.25) is 0 Å². The van der Waals surface area contributed by atoms with E-state index in [0.717, 1.165) is 22.4 Å². The third kappa shape index (κ3) is 7.80. The third-order valence-corrected chi connectivity index (χ3v) is 8.85. The fourth-order valence-corrected chi connectivity index (χ4v) is 6.13. The molecule has 0 spiro atoms. The lowest BCUT2D eigenvalue weighted by atomic mass is 9.93. The Labute approximate surface area is 247 Å². The average molecular weight is 593 g/mol. The minimum atomic E-state index is -3.97. The van der Waals surface area contributed by atoms with Gasteiger partial charge in [-0.1, -0.05) is 54.6 Å². The lowest BCUT2D eigenvalue weighted by molar-refractivity contribution is 0.0526. The second-order valence-corrected chi connectivity index (χ2v) is 13.1. The van der Waals surface area contributed by atoms with E-state index in [4.69, 9.17) is 4.74 Å². The maximum atomic E-state index is 14.3. The Morgan fingerprint density at radius 2 is 1.71 bits per heavy atom. The van der Waals surface area contributed by atoms with E-state index in [9.17, 15) is 22.7 Å². The molecule has 7 nitrogen and oxygen atoms in total. The molecule has 42 heavy (non-hydrogen) atoms. The summed E-state index contributed by atoms with van der Waals surface area (Å²) in [7, 11) is -2.56. The molecule has 4 aromatic carbocycles. The first-order valence-electron chi connectivity index (χ1n) is 13.8. The predicted molar refractivity (Wildman–Crippen MR) is 163 cm³/mol. The molecule has 0 bridgehead atoms. The molecule has 0 radical (unpaired) electrons. The number of sulfonamides is 1. The molecule has 0 unspecified atom stereocenters. The second kappa shape index (κ2) is 13.1. The van der Waals surface area contributed by atoms with Gasteiger partial charge in [0.25, 0.3) is 0 Å². The van der Waals surface area contributed by atoms with Crippen molar-refractivity contribution in [3.05, 3.63) is 102 Å². The minimum Gasteiger partial charge on any atom is -0.462 e. The number of ether oxygens (including phenoxy) is 1. The number of β-amino-alcohol motifs (C(OH)–C–C–N with tert-alkyl or cyclic N) is 1. The Morgan fingerprint density at radius 1 is 0.976 bits per heavy atom. The molecule has 0 aromatic heterocycles. The number of carbonyl (C=O) groups excluding carboxylic acids is 1. The van der Waals surface area contributed by atoms with Gasteiger partial charge in [0.05, 0.1) is 23.2 Å².